The summed E-state index contributed by atoms with van der Waals surface area (Å²) in [6.07, 6.45) is 2.21. The van der Waals surface area contributed by atoms with Gasteiger partial charge in [-0.25, -0.2) is 0 Å². The molecule has 3 saturated carbocycles. The highest BCUT2D eigenvalue weighted by atomic mass is 32.2. The fourth-order valence-electron chi connectivity index (χ4n) is 3.27. The lowest BCUT2D eigenvalue weighted by atomic mass is 9.48. The van der Waals surface area contributed by atoms with Crippen LogP contribution in [0.25, 0.3) is 0 Å². The highest BCUT2D eigenvalue weighted by molar-refractivity contribution is 8.00. The quantitative estimate of drug-likeness (QED) is 0.790. The predicted octanol–water partition coefficient (Wildman–Crippen LogP) is 3.78. The molecular weight excluding hydrogens is 228 g/mol. The lowest BCUT2D eigenvalue weighted by molar-refractivity contribution is -0.147. The molecule has 3 aliphatic carbocycles. The minimum Gasteiger partial charge on any atom is -0.298 e. The Kier molecular flexibility index (Phi) is 2.58. The molecule has 0 amide bonds. The molecule has 3 aliphatic rings. The zero-order valence-electron chi connectivity index (χ0n) is 10.3. The number of ketones is 1. The highest BCUT2D eigenvalue weighted by Crippen LogP contribution is 2.59. The Morgan fingerprint density at radius 3 is 2.47 bits per heavy atom. The van der Waals surface area contributed by atoms with Crippen LogP contribution in [0.5, 0.6) is 0 Å². The molecule has 0 aliphatic heterocycles. The first kappa shape index (κ1) is 11.3. The average molecular weight is 246 g/mol. The number of carbonyl (C=O) groups excluding carboxylic acids is 1. The number of hydrogen-bond acceptors (Lipinski definition) is 2. The summed E-state index contributed by atoms with van der Waals surface area (Å²) in [7, 11) is 0. The van der Waals surface area contributed by atoms with Gasteiger partial charge in [-0.2, -0.15) is 0 Å². The maximum absolute atomic E-state index is 12.4. The van der Waals surface area contributed by atoms with E-state index in [2.05, 4.69) is 26.0 Å². The van der Waals surface area contributed by atoms with E-state index in [1.165, 1.54) is 4.90 Å². The first-order valence-electron chi connectivity index (χ1n) is 6.34. The predicted molar refractivity (Wildman–Crippen MR) is 71.1 cm³/mol. The summed E-state index contributed by atoms with van der Waals surface area (Å²) in [5, 5.41) is 0.203. The summed E-state index contributed by atoms with van der Waals surface area (Å²) in [6.45, 7) is 4.51. The van der Waals surface area contributed by atoms with Crippen LogP contribution in [0.2, 0.25) is 0 Å². The van der Waals surface area contributed by atoms with Crippen molar-refractivity contribution >= 4 is 17.5 Å². The Morgan fingerprint density at radius 1 is 1.18 bits per heavy atom. The zero-order chi connectivity index (χ0) is 12.0. The molecule has 0 spiro atoms. The van der Waals surface area contributed by atoms with Crippen LogP contribution in [0.15, 0.2) is 35.2 Å². The fourth-order valence-corrected chi connectivity index (χ4v) is 4.52. The van der Waals surface area contributed by atoms with Gasteiger partial charge in [0.2, 0.25) is 0 Å². The van der Waals surface area contributed by atoms with Crippen LogP contribution in [0, 0.1) is 17.3 Å². The maximum Gasteiger partial charge on any atom is 0.149 e. The van der Waals surface area contributed by atoms with Gasteiger partial charge in [0.15, 0.2) is 0 Å². The number of Topliss-reactive ketones (excluding diaryl/α,β-unsaturated/α-hetero) is 1. The van der Waals surface area contributed by atoms with Gasteiger partial charge in [-0.15, -0.1) is 11.8 Å². The van der Waals surface area contributed by atoms with E-state index >= 15 is 0 Å². The van der Waals surface area contributed by atoms with E-state index in [0.717, 1.165) is 18.8 Å². The molecule has 2 heteroatoms. The molecule has 0 radical (unpaired) electrons. The monoisotopic (exact) mass is 246 g/mol. The molecule has 2 bridgehead atoms. The van der Waals surface area contributed by atoms with Gasteiger partial charge >= 0.3 is 0 Å². The van der Waals surface area contributed by atoms with E-state index in [4.69, 9.17) is 0 Å². The van der Waals surface area contributed by atoms with Crippen molar-refractivity contribution in [3.8, 4) is 0 Å². The molecule has 0 N–H and O–H groups in total. The van der Waals surface area contributed by atoms with Crippen molar-refractivity contribution in [3.63, 3.8) is 0 Å². The number of rotatable bonds is 2. The van der Waals surface area contributed by atoms with E-state index in [1.54, 1.807) is 11.8 Å². The van der Waals surface area contributed by atoms with Gasteiger partial charge in [-0.1, -0.05) is 32.0 Å². The molecular formula is C15H18OS. The second-order valence-electron chi connectivity index (χ2n) is 5.86. The van der Waals surface area contributed by atoms with Crippen LogP contribution in [-0.4, -0.2) is 11.0 Å². The number of hydrogen-bond donors (Lipinski definition) is 0. The van der Waals surface area contributed by atoms with Crippen molar-refractivity contribution in [1.29, 1.82) is 0 Å². The van der Waals surface area contributed by atoms with Crippen LogP contribution in [0.4, 0.5) is 0 Å². The molecule has 17 heavy (non-hydrogen) atoms. The SMILES string of the molecule is CC1(C)[C@H]2C[C@@H](Sc3ccccc3)C(=O)[C@@H]1C2. The second kappa shape index (κ2) is 3.88. The van der Waals surface area contributed by atoms with Gasteiger partial charge in [-0.3, -0.25) is 4.79 Å². The standard InChI is InChI=1S/C15H18OS/c1-15(2)10-8-12(15)14(16)13(9-10)17-11-6-4-3-5-7-11/h3-7,10,12-13H,8-9H2,1-2H3/t10-,12+,13-/m1/s1. The molecule has 1 aromatic carbocycles. The Morgan fingerprint density at radius 2 is 1.88 bits per heavy atom. The smallest absolute Gasteiger partial charge is 0.149 e. The third-order valence-corrected chi connectivity index (χ3v) is 5.91. The minimum atomic E-state index is 0.203. The van der Waals surface area contributed by atoms with Gasteiger partial charge in [-0.05, 0) is 36.3 Å². The molecule has 3 atom stereocenters. The van der Waals surface area contributed by atoms with Crippen molar-refractivity contribution in [1.82, 2.24) is 0 Å². The average Bonchev–Trinajstić information content (AvgIpc) is 2.32. The van der Waals surface area contributed by atoms with Gasteiger partial charge in [0.05, 0.1) is 5.25 Å². The normalized spacial score (nSPS) is 34.2. The molecule has 0 aromatic heterocycles. The summed E-state index contributed by atoms with van der Waals surface area (Å²) < 4.78 is 0. The number of fused-ring (bicyclic) bond motifs is 2. The van der Waals surface area contributed by atoms with Gasteiger partial charge in [0, 0.05) is 10.8 Å². The molecule has 4 rings (SSSR count). The lowest BCUT2D eigenvalue weighted by Crippen LogP contribution is -2.57. The van der Waals surface area contributed by atoms with Crippen LogP contribution in [0.3, 0.4) is 0 Å². The van der Waals surface area contributed by atoms with E-state index in [1.807, 2.05) is 18.2 Å². The third-order valence-electron chi connectivity index (χ3n) is 4.65. The summed E-state index contributed by atoms with van der Waals surface area (Å²) in [6, 6.07) is 10.3. The maximum atomic E-state index is 12.4. The zero-order valence-corrected chi connectivity index (χ0v) is 11.2. The van der Waals surface area contributed by atoms with Gasteiger partial charge < -0.3 is 0 Å². The summed E-state index contributed by atoms with van der Waals surface area (Å²) in [4.78, 5) is 13.6. The molecule has 0 unspecified atom stereocenters. The topological polar surface area (TPSA) is 17.1 Å². The Balaban J connectivity index is 1.74. The van der Waals surface area contributed by atoms with Crippen LogP contribution in [0.1, 0.15) is 26.7 Å². The second-order valence-corrected chi connectivity index (χ2v) is 7.14. The van der Waals surface area contributed by atoms with Crippen molar-refractivity contribution in [2.45, 2.75) is 36.8 Å². The van der Waals surface area contributed by atoms with Crippen molar-refractivity contribution in [2.24, 2.45) is 17.3 Å². The van der Waals surface area contributed by atoms with Gasteiger partial charge in [0.1, 0.15) is 5.78 Å². The third kappa shape index (κ3) is 1.74. The Hall–Kier alpha value is -0.760. The van der Waals surface area contributed by atoms with E-state index in [0.29, 0.717) is 11.7 Å². The van der Waals surface area contributed by atoms with E-state index in [9.17, 15) is 4.79 Å². The molecule has 3 fully saturated rings. The summed E-state index contributed by atoms with van der Waals surface area (Å²) in [5.41, 5.74) is 0.269. The van der Waals surface area contributed by atoms with Crippen molar-refractivity contribution < 1.29 is 4.79 Å². The minimum absolute atomic E-state index is 0.203. The van der Waals surface area contributed by atoms with E-state index < -0.39 is 0 Å². The molecule has 0 saturated heterocycles. The molecule has 90 valence electrons. The fraction of sp³-hybridized carbons (Fsp3) is 0.533. The van der Waals surface area contributed by atoms with Crippen molar-refractivity contribution in [3.05, 3.63) is 30.3 Å². The Labute approximate surface area is 107 Å². The number of thioether (sulfide) groups is 1. The Bertz CT molecular complexity index is 437. The van der Waals surface area contributed by atoms with Crippen LogP contribution in [-0.2, 0) is 4.79 Å². The lowest BCUT2D eigenvalue weighted by Gasteiger charge is -2.57. The molecule has 1 aromatic rings. The summed E-state index contributed by atoms with van der Waals surface area (Å²) >= 11 is 1.76. The van der Waals surface area contributed by atoms with Crippen LogP contribution < -0.4 is 0 Å². The van der Waals surface area contributed by atoms with Gasteiger partial charge in [0.25, 0.3) is 0 Å². The molecule has 1 nitrogen and oxygen atoms in total. The van der Waals surface area contributed by atoms with Crippen molar-refractivity contribution in [2.75, 3.05) is 0 Å². The number of benzene rings is 1. The highest BCUT2D eigenvalue weighted by Gasteiger charge is 2.57. The van der Waals surface area contributed by atoms with E-state index in [-0.39, 0.29) is 10.7 Å². The first-order valence-corrected chi connectivity index (χ1v) is 7.22. The largest absolute Gasteiger partial charge is 0.298 e. The van der Waals surface area contributed by atoms with Crippen LogP contribution >= 0.6 is 11.8 Å². The first-order chi connectivity index (χ1) is 8.09. The molecule has 0 heterocycles. The summed E-state index contributed by atoms with van der Waals surface area (Å²) in [5.74, 6) is 1.57. The number of carbonyl (C=O) groups is 1.